The van der Waals surface area contributed by atoms with Gasteiger partial charge in [-0.2, -0.15) is 10.5 Å². The van der Waals surface area contributed by atoms with Crippen molar-refractivity contribution in [1.82, 2.24) is 4.57 Å². The Labute approximate surface area is 223 Å². The first kappa shape index (κ1) is 25.9. The summed E-state index contributed by atoms with van der Waals surface area (Å²) in [5.74, 6) is -0.949. The van der Waals surface area contributed by atoms with Crippen LogP contribution in [0.15, 0.2) is 60.3 Å². The summed E-state index contributed by atoms with van der Waals surface area (Å²) in [5, 5.41) is 21.0. The number of hydrogen-bond acceptors (Lipinski definition) is 6. The smallest absolute Gasteiger partial charge is 0.348 e. The zero-order valence-electron chi connectivity index (χ0n) is 20.2. The van der Waals surface area contributed by atoms with Gasteiger partial charge in [-0.05, 0) is 49.2 Å². The highest BCUT2D eigenvalue weighted by molar-refractivity contribution is 7.14. The molecule has 6 nitrogen and oxygen atoms in total. The third-order valence-electron chi connectivity index (χ3n) is 5.92. The lowest BCUT2D eigenvalue weighted by atomic mass is 10.0. The molecule has 0 amide bonds. The van der Waals surface area contributed by atoms with E-state index in [-0.39, 0.29) is 24.2 Å². The van der Waals surface area contributed by atoms with Gasteiger partial charge in [-0.15, -0.1) is 11.3 Å². The maximum Gasteiger partial charge on any atom is 0.348 e. The number of nitriles is 2. The van der Waals surface area contributed by atoms with Crippen LogP contribution in [-0.4, -0.2) is 22.9 Å². The molecule has 0 radical (unpaired) electrons. The van der Waals surface area contributed by atoms with Crippen molar-refractivity contribution >= 4 is 51.7 Å². The minimum absolute atomic E-state index is 0.0259. The number of fused-ring (bicyclic) bond motifs is 1. The van der Waals surface area contributed by atoms with Crippen molar-refractivity contribution in [2.24, 2.45) is 0 Å². The zero-order valence-corrected chi connectivity index (χ0v) is 21.8. The summed E-state index contributed by atoms with van der Waals surface area (Å²) in [6.07, 6.45) is 3.34. The van der Waals surface area contributed by atoms with E-state index in [1.165, 1.54) is 0 Å². The molecule has 2 heterocycles. The molecule has 4 rings (SSSR count). The first-order valence-corrected chi connectivity index (χ1v) is 12.7. The largest absolute Gasteiger partial charge is 0.462 e. The predicted octanol–water partition coefficient (Wildman–Crippen LogP) is 6.48. The summed E-state index contributed by atoms with van der Waals surface area (Å²) in [7, 11) is 0. The molecule has 0 N–H and O–H groups in total. The standard InChI is InChI=1S/C29H22ClN3O3S/c1-3-36-29(35)28-18(2)24(15-32)27(37-28)13-26(34)20(14-31)12-21-17-33(25-7-5-4-6-23(21)25)16-19-8-10-22(30)11-9-19/h4-12,17H,3,13,16H2,1-2H3/b20-12+. The van der Waals surface area contributed by atoms with Gasteiger partial charge in [0.15, 0.2) is 5.78 Å². The monoisotopic (exact) mass is 527 g/mol. The number of nitrogens with zero attached hydrogens (tertiary/aromatic N) is 3. The van der Waals surface area contributed by atoms with Crippen molar-refractivity contribution in [1.29, 1.82) is 10.5 Å². The van der Waals surface area contributed by atoms with E-state index in [0.29, 0.717) is 26.9 Å². The van der Waals surface area contributed by atoms with Crippen molar-refractivity contribution < 1.29 is 14.3 Å². The molecule has 0 aliphatic heterocycles. The molecule has 2 aromatic carbocycles. The molecule has 0 saturated heterocycles. The number of para-hydroxylation sites is 1. The van der Waals surface area contributed by atoms with E-state index in [9.17, 15) is 20.1 Å². The van der Waals surface area contributed by atoms with Crippen LogP contribution in [0.2, 0.25) is 5.02 Å². The van der Waals surface area contributed by atoms with Crippen LogP contribution in [0.1, 0.15) is 43.7 Å². The first-order valence-electron chi connectivity index (χ1n) is 11.5. The molecule has 0 atom stereocenters. The normalized spacial score (nSPS) is 11.2. The quantitative estimate of drug-likeness (QED) is 0.148. The third-order valence-corrected chi connectivity index (χ3v) is 7.44. The second kappa shape index (κ2) is 11.3. The molecule has 184 valence electrons. The van der Waals surface area contributed by atoms with E-state index in [1.54, 1.807) is 19.9 Å². The summed E-state index contributed by atoms with van der Waals surface area (Å²) in [4.78, 5) is 26.2. The lowest BCUT2D eigenvalue weighted by molar-refractivity contribution is -0.114. The van der Waals surface area contributed by atoms with E-state index in [4.69, 9.17) is 16.3 Å². The fraction of sp³-hybridized carbons (Fsp3) is 0.172. The lowest BCUT2D eigenvalue weighted by Gasteiger charge is -2.05. The van der Waals surface area contributed by atoms with Gasteiger partial charge in [0.2, 0.25) is 0 Å². The van der Waals surface area contributed by atoms with Gasteiger partial charge in [-0.3, -0.25) is 4.79 Å². The van der Waals surface area contributed by atoms with Crippen LogP contribution in [0, 0.1) is 29.6 Å². The number of benzene rings is 2. The molecule has 37 heavy (non-hydrogen) atoms. The van der Waals surface area contributed by atoms with Crippen molar-refractivity contribution in [2.75, 3.05) is 6.61 Å². The summed E-state index contributed by atoms with van der Waals surface area (Å²) < 4.78 is 7.13. The summed E-state index contributed by atoms with van der Waals surface area (Å²) >= 11 is 7.08. The highest BCUT2D eigenvalue weighted by atomic mass is 35.5. The van der Waals surface area contributed by atoms with E-state index < -0.39 is 11.8 Å². The van der Waals surface area contributed by atoms with E-state index >= 15 is 0 Å². The number of aromatic nitrogens is 1. The third kappa shape index (κ3) is 5.49. The van der Waals surface area contributed by atoms with Crippen LogP contribution in [0.3, 0.4) is 0 Å². The number of thiophene rings is 1. The van der Waals surface area contributed by atoms with Gasteiger partial charge in [0.05, 0.1) is 17.7 Å². The number of ketones is 1. The molecule has 0 fully saturated rings. The van der Waals surface area contributed by atoms with Crippen LogP contribution >= 0.6 is 22.9 Å². The maximum absolute atomic E-state index is 13.2. The Balaban J connectivity index is 1.67. The Bertz CT molecular complexity index is 1620. The molecular weight excluding hydrogens is 506 g/mol. The van der Waals surface area contributed by atoms with Gasteiger partial charge in [0, 0.05) is 45.5 Å². The SMILES string of the molecule is CCOC(=O)c1sc(CC(=O)/C(C#N)=C/c2cn(Cc3ccc(Cl)cc3)c3ccccc23)c(C#N)c1C. The highest BCUT2D eigenvalue weighted by Crippen LogP contribution is 2.30. The molecule has 0 bridgehead atoms. The van der Waals surface area contributed by atoms with Crippen LogP contribution in [0.25, 0.3) is 17.0 Å². The Kier molecular flexibility index (Phi) is 7.89. The maximum atomic E-state index is 13.2. The summed E-state index contributed by atoms with van der Waals surface area (Å²) in [6.45, 7) is 4.16. The van der Waals surface area contributed by atoms with Crippen molar-refractivity contribution in [3.8, 4) is 12.1 Å². The number of halogens is 1. The molecule has 0 saturated carbocycles. The minimum atomic E-state index is -0.523. The molecule has 0 aliphatic carbocycles. The number of Topliss-reactive ketones (excluding diaryl/α,β-unsaturated/α-hetero) is 1. The molecule has 0 spiro atoms. The summed E-state index contributed by atoms with van der Waals surface area (Å²) in [5.41, 5.74) is 3.51. The number of rotatable bonds is 8. The topological polar surface area (TPSA) is 95.9 Å². The van der Waals surface area contributed by atoms with Gasteiger partial charge in [0.1, 0.15) is 17.0 Å². The number of esters is 1. The molecule has 2 aromatic heterocycles. The number of carbonyl (C=O) groups is 2. The van der Waals surface area contributed by atoms with Gasteiger partial charge in [-0.1, -0.05) is 41.9 Å². The van der Waals surface area contributed by atoms with Gasteiger partial charge in [-0.25, -0.2) is 4.79 Å². The Hall–Kier alpha value is -4.17. The molecule has 0 unspecified atom stereocenters. The van der Waals surface area contributed by atoms with E-state index in [2.05, 4.69) is 10.6 Å². The lowest BCUT2D eigenvalue weighted by Crippen LogP contribution is -2.05. The van der Waals surface area contributed by atoms with Crippen molar-refractivity contribution in [2.45, 2.75) is 26.8 Å². The molecule has 4 aromatic rings. The Morgan fingerprint density at radius 2 is 1.86 bits per heavy atom. The average Bonchev–Trinajstić information content (AvgIpc) is 3.40. The van der Waals surface area contributed by atoms with Crippen LogP contribution in [0.5, 0.6) is 0 Å². The van der Waals surface area contributed by atoms with Crippen LogP contribution in [-0.2, 0) is 22.5 Å². The predicted molar refractivity (Wildman–Crippen MR) is 145 cm³/mol. The molecule has 8 heteroatoms. The second-order valence-electron chi connectivity index (χ2n) is 8.31. The van der Waals surface area contributed by atoms with Crippen LogP contribution in [0.4, 0.5) is 0 Å². The molecule has 0 aliphatic rings. The van der Waals surface area contributed by atoms with Crippen LogP contribution < -0.4 is 0 Å². The van der Waals surface area contributed by atoms with E-state index in [1.807, 2.05) is 60.8 Å². The highest BCUT2D eigenvalue weighted by Gasteiger charge is 2.23. The minimum Gasteiger partial charge on any atom is -0.462 e. The van der Waals surface area contributed by atoms with Gasteiger partial charge >= 0.3 is 5.97 Å². The van der Waals surface area contributed by atoms with Crippen molar-refractivity contribution in [3.05, 3.63) is 97.3 Å². The number of carbonyl (C=O) groups excluding carboxylic acids is 2. The van der Waals surface area contributed by atoms with E-state index in [0.717, 1.165) is 33.4 Å². The number of ether oxygens (including phenoxy) is 1. The fourth-order valence-electron chi connectivity index (χ4n) is 4.11. The van der Waals surface area contributed by atoms with Gasteiger partial charge < -0.3 is 9.30 Å². The Morgan fingerprint density at radius 1 is 1.14 bits per heavy atom. The number of allylic oxidation sites excluding steroid dienone is 1. The van der Waals surface area contributed by atoms with Gasteiger partial charge in [0.25, 0.3) is 0 Å². The zero-order chi connectivity index (χ0) is 26.5. The summed E-state index contributed by atoms with van der Waals surface area (Å²) in [6, 6.07) is 19.5. The average molecular weight is 528 g/mol. The number of hydrogen-bond donors (Lipinski definition) is 0. The second-order valence-corrected chi connectivity index (χ2v) is 9.85. The van der Waals surface area contributed by atoms with Crippen molar-refractivity contribution in [3.63, 3.8) is 0 Å². The Morgan fingerprint density at radius 3 is 2.54 bits per heavy atom. The first-order chi connectivity index (χ1) is 17.9. The molecular formula is C29H22ClN3O3S. The fourth-order valence-corrected chi connectivity index (χ4v) is 5.39.